The number of carbonyl (C=O) groups is 2. The van der Waals surface area contributed by atoms with E-state index >= 15 is 0 Å². The van der Waals surface area contributed by atoms with E-state index in [1.54, 1.807) is 0 Å². The molecule has 0 saturated carbocycles. The molecule has 0 aromatic rings. The molecule has 0 aromatic carbocycles. The lowest BCUT2D eigenvalue weighted by Crippen LogP contribution is -1.84. The van der Waals surface area contributed by atoms with Crippen LogP contribution in [0, 0.1) is 0 Å². The van der Waals surface area contributed by atoms with Crippen LogP contribution in [0.5, 0.6) is 0 Å². The smallest absolute Gasteiger partial charge is 0.328 e. The highest BCUT2D eigenvalue weighted by molar-refractivity contribution is 5.80. The Balaban J connectivity index is 3.78. The molecule has 2 N–H and O–H groups in total. The first-order chi connectivity index (χ1) is 5.63. The summed E-state index contributed by atoms with van der Waals surface area (Å²) in [4.78, 5) is 19.8. The van der Waals surface area contributed by atoms with E-state index in [0.29, 0.717) is 0 Å². The van der Waals surface area contributed by atoms with Crippen LogP contribution in [-0.2, 0) is 9.59 Å². The molecular formula is C8H8O4. The molecule has 0 aliphatic rings. The van der Waals surface area contributed by atoms with Gasteiger partial charge in [-0.15, -0.1) is 0 Å². The van der Waals surface area contributed by atoms with Gasteiger partial charge in [-0.2, -0.15) is 0 Å². The van der Waals surface area contributed by atoms with Crippen LogP contribution < -0.4 is 0 Å². The van der Waals surface area contributed by atoms with E-state index in [4.69, 9.17) is 10.2 Å². The molecule has 0 atom stereocenters. The Morgan fingerprint density at radius 2 is 1.08 bits per heavy atom. The topological polar surface area (TPSA) is 74.6 Å². The summed E-state index contributed by atoms with van der Waals surface area (Å²) in [6.45, 7) is 0. The molecule has 12 heavy (non-hydrogen) atoms. The van der Waals surface area contributed by atoms with Gasteiger partial charge in [0.05, 0.1) is 0 Å². The first kappa shape index (κ1) is 10.2. The van der Waals surface area contributed by atoms with Gasteiger partial charge in [-0.1, -0.05) is 24.3 Å². The highest BCUT2D eigenvalue weighted by atomic mass is 16.4. The number of aliphatic carboxylic acids is 2. The summed E-state index contributed by atoms with van der Waals surface area (Å²) < 4.78 is 0. The van der Waals surface area contributed by atoms with Crippen LogP contribution in [0.4, 0.5) is 0 Å². The predicted octanol–water partition coefficient (Wildman–Crippen LogP) is 0.824. The minimum atomic E-state index is -1.04. The van der Waals surface area contributed by atoms with Crippen molar-refractivity contribution in [2.45, 2.75) is 0 Å². The third-order valence-corrected chi connectivity index (χ3v) is 0.811. The summed E-state index contributed by atoms with van der Waals surface area (Å²) in [6.07, 6.45) is 7.35. The van der Waals surface area contributed by atoms with Crippen molar-refractivity contribution < 1.29 is 19.8 Å². The second kappa shape index (κ2) is 5.91. The average Bonchev–Trinajstić information content (AvgIpc) is 1.95. The number of carboxylic acids is 2. The van der Waals surface area contributed by atoms with Crippen molar-refractivity contribution in [3.05, 3.63) is 36.5 Å². The van der Waals surface area contributed by atoms with Crippen molar-refractivity contribution in [3.8, 4) is 0 Å². The molecule has 0 bridgehead atoms. The van der Waals surface area contributed by atoms with Gasteiger partial charge in [0.1, 0.15) is 0 Å². The maximum Gasteiger partial charge on any atom is 0.328 e. The van der Waals surface area contributed by atoms with Crippen LogP contribution in [0.1, 0.15) is 0 Å². The average molecular weight is 168 g/mol. The zero-order valence-corrected chi connectivity index (χ0v) is 6.18. The minimum Gasteiger partial charge on any atom is -0.478 e. The number of hydrogen-bond acceptors (Lipinski definition) is 2. The van der Waals surface area contributed by atoms with Gasteiger partial charge in [0.25, 0.3) is 0 Å². The zero-order valence-electron chi connectivity index (χ0n) is 6.18. The highest BCUT2D eigenvalue weighted by Gasteiger charge is 1.81. The van der Waals surface area contributed by atoms with Crippen molar-refractivity contribution in [2.24, 2.45) is 0 Å². The van der Waals surface area contributed by atoms with E-state index in [1.807, 2.05) is 0 Å². The van der Waals surface area contributed by atoms with E-state index in [9.17, 15) is 9.59 Å². The summed E-state index contributed by atoms with van der Waals surface area (Å²) >= 11 is 0. The Morgan fingerprint density at radius 3 is 1.33 bits per heavy atom. The molecule has 0 aliphatic heterocycles. The normalized spacial score (nSPS) is 11.7. The van der Waals surface area contributed by atoms with Crippen molar-refractivity contribution in [3.63, 3.8) is 0 Å². The Morgan fingerprint density at radius 1 is 0.750 bits per heavy atom. The second-order valence-electron chi connectivity index (χ2n) is 1.78. The van der Waals surface area contributed by atoms with Crippen LogP contribution in [0.2, 0.25) is 0 Å². The molecule has 0 saturated heterocycles. The van der Waals surface area contributed by atoms with E-state index in [-0.39, 0.29) is 0 Å². The van der Waals surface area contributed by atoms with Crippen LogP contribution >= 0.6 is 0 Å². The Bertz CT molecular complexity index is 222. The molecule has 0 heterocycles. The molecule has 4 heteroatoms. The molecule has 0 unspecified atom stereocenters. The number of carboxylic acid groups (broad SMARTS) is 2. The maximum atomic E-state index is 9.91. The zero-order chi connectivity index (χ0) is 9.40. The third kappa shape index (κ3) is 8.16. The van der Waals surface area contributed by atoms with Gasteiger partial charge in [-0.3, -0.25) is 0 Å². The lowest BCUT2D eigenvalue weighted by atomic mass is 10.4. The quantitative estimate of drug-likeness (QED) is 0.481. The maximum absolute atomic E-state index is 9.91. The molecule has 0 rings (SSSR count). The largest absolute Gasteiger partial charge is 0.478 e. The summed E-state index contributed by atoms with van der Waals surface area (Å²) in [5, 5.41) is 16.3. The van der Waals surface area contributed by atoms with Gasteiger partial charge >= 0.3 is 11.9 Å². The van der Waals surface area contributed by atoms with Gasteiger partial charge in [0.2, 0.25) is 0 Å². The van der Waals surface area contributed by atoms with Gasteiger partial charge in [-0.25, -0.2) is 9.59 Å². The van der Waals surface area contributed by atoms with Crippen molar-refractivity contribution in [1.82, 2.24) is 0 Å². The third-order valence-electron chi connectivity index (χ3n) is 0.811. The molecule has 0 aromatic heterocycles. The first-order valence-electron chi connectivity index (χ1n) is 3.10. The van der Waals surface area contributed by atoms with Gasteiger partial charge in [-0.05, 0) is 0 Å². The van der Waals surface area contributed by atoms with Crippen LogP contribution in [0.25, 0.3) is 0 Å². The lowest BCUT2D eigenvalue weighted by Gasteiger charge is -1.75. The van der Waals surface area contributed by atoms with E-state index < -0.39 is 11.9 Å². The molecular weight excluding hydrogens is 160 g/mol. The fraction of sp³-hybridized carbons (Fsp3) is 0. The fourth-order valence-corrected chi connectivity index (χ4v) is 0.404. The summed E-state index contributed by atoms with van der Waals surface area (Å²) in [5.74, 6) is -2.08. The molecule has 0 radical (unpaired) electrons. The standard InChI is InChI=1S/C8H8O4/c9-7(10)5-3-1-2-4-6-8(11)12/h1-6H,(H,9,10)(H,11,12). The van der Waals surface area contributed by atoms with Crippen molar-refractivity contribution in [1.29, 1.82) is 0 Å². The Kier molecular flexibility index (Phi) is 5.00. The molecule has 0 spiro atoms. The SMILES string of the molecule is O=C(O)C=CC=CC=CC(=O)O. The van der Waals surface area contributed by atoms with E-state index in [2.05, 4.69) is 0 Å². The Labute approximate surface area is 69.1 Å². The monoisotopic (exact) mass is 168 g/mol. The minimum absolute atomic E-state index is 0.950. The molecule has 4 nitrogen and oxygen atoms in total. The Hall–Kier alpha value is -1.84. The fourth-order valence-electron chi connectivity index (χ4n) is 0.404. The second-order valence-corrected chi connectivity index (χ2v) is 1.78. The molecule has 0 amide bonds. The first-order valence-corrected chi connectivity index (χ1v) is 3.10. The number of hydrogen-bond donors (Lipinski definition) is 2. The predicted molar refractivity (Wildman–Crippen MR) is 42.7 cm³/mol. The molecule has 64 valence electrons. The summed E-state index contributed by atoms with van der Waals surface area (Å²) in [7, 11) is 0. The van der Waals surface area contributed by atoms with Crippen molar-refractivity contribution in [2.75, 3.05) is 0 Å². The number of rotatable bonds is 4. The van der Waals surface area contributed by atoms with Gasteiger partial charge < -0.3 is 10.2 Å². The number of allylic oxidation sites excluding steroid dienone is 4. The van der Waals surface area contributed by atoms with E-state index in [1.165, 1.54) is 24.3 Å². The summed E-state index contributed by atoms with van der Waals surface area (Å²) in [6, 6.07) is 0. The molecule has 0 fully saturated rings. The summed E-state index contributed by atoms with van der Waals surface area (Å²) in [5.41, 5.74) is 0. The lowest BCUT2D eigenvalue weighted by molar-refractivity contribution is -0.132. The van der Waals surface area contributed by atoms with Crippen LogP contribution in [0.3, 0.4) is 0 Å². The van der Waals surface area contributed by atoms with Gasteiger partial charge in [0, 0.05) is 12.2 Å². The highest BCUT2D eigenvalue weighted by Crippen LogP contribution is 1.80. The van der Waals surface area contributed by atoms with Crippen LogP contribution in [-0.4, -0.2) is 22.2 Å². The van der Waals surface area contributed by atoms with Crippen LogP contribution in [0.15, 0.2) is 36.5 Å². The van der Waals surface area contributed by atoms with Gasteiger partial charge in [0.15, 0.2) is 0 Å². The molecule has 0 aliphatic carbocycles. The van der Waals surface area contributed by atoms with E-state index in [0.717, 1.165) is 12.2 Å². The van der Waals surface area contributed by atoms with Crippen molar-refractivity contribution >= 4 is 11.9 Å².